The molecule has 2 heteroatoms. The van der Waals surface area contributed by atoms with Crippen LogP contribution >= 0.6 is 0 Å². The van der Waals surface area contributed by atoms with Crippen molar-refractivity contribution < 1.29 is 9.53 Å². The first-order chi connectivity index (χ1) is 5.14. The average molecular weight is 156 g/mol. The van der Waals surface area contributed by atoms with Crippen molar-refractivity contribution in [1.82, 2.24) is 0 Å². The van der Waals surface area contributed by atoms with Crippen LogP contribution < -0.4 is 0 Å². The van der Waals surface area contributed by atoms with Crippen LogP contribution in [0.4, 0.5) is 0 Å². The molecule has 0 bridgehead atoms. The second-order valence-corrected chi connectivity index (χ2v) is 4.04. The first kappa shape index (κ1) is 8.72. The molecule has 1 heterocycles. The molecule has 0 spiro atoms. The third-order valence-electron chi connectivity index (χ3n) is 2.16. The van der Waals surface area contributed by atoms with E-state index in [0.29, 0.717) is 5.92 Å². The van der Waals surface area contributed by atoms with E-state index < -0.39 is 0 Å². The van der Waals surface area contributed by atoms with Gasteiger partial charge < -0.3 is 9.53 Å². The van der Waals surface area contributed by atoms with Gasteiger partial charge in [-0.05, 0) is 18.8 Å². The van der Waals surface area contributed by atoms with Crippen LogP contribution in [0.2, 0.25) is 0 Å². The Kier molecular flexibility index (Phi) is 2.66. The fourth-order valence-corrected chi connectivity index (χ4v) is 1.54. The van der Waals surface area contributed by atoms with Gasteiger partial charge in [-0.25, -0.2) is 0 Å². The Morgan fingerprint density at radius 2 is 2.36 bits per heavy atom. The molecule has 1 atom stereocenters. The lowest BCUT2D eigenvalue weighted by molar-refractivity contribution is -0.115. The van der Waals surface area contributed by atoms with Gasteiger partial charge in [-0.3, -0.25) is 0 Å². The highest BCUT2D eigenvalue weighted by molar-refractivity contribution is 5.57. The largest absolute Gasteiger partial charge is 0.381 e. The van der Waals surface area contributed by atoms with Crippen LogP contribution in [0.1, 0.15) is 26.7 Å². The van der Waals surface area contributed by atoms with E-state index in [4.69, 9.17) is 4.74 Å². The molecule has 1 fully saturated rings. The van der Waals surface area contributed by atoms with E-state index in [1.807, 2.05) is 13.8 Å². The van der Waals surface area contributed by atoms with Crippen molar-refractivity contribution in [3.8, 4) is 0 Å². The first-order valence-electron chi connectivity index (χ1n) is 4.18. The van der Waals surface area contributed by atoms with Crippen molar-refractivity contribution in [2.75, 3.05) is 13.2 Å². The number of aldehydes is 1. The lowest BCUT2D eigenvalue weighted by atomic mass is 9.84. The Bertz CT molecular complexity index is 134. The molecule has 64 valence electrons. The van der Waals surface area contributed by atoms with E-state index in [9.17, 15) is 4.79 Å². The minimum Gasteiger partial charge on any atom is -0.381 e. The van der Waals surface area contributed by atoms with Crippen molar-refractivity contribution in [1.29, 1.82) is 0 Å². The van der Waals surface area contributed by atoms with Crippen molar-refractivity contribution in [3.63, 3.8) is 0 Å². The standard InChI is InChI=1S/C9H16O2/c1-9(2,7-10)5-8-3-4-11-6-8/h7-8H,3-6H2,1-2H3. The second-order valence-electron chi connectivity index (χ2n) is 4.04. The third-order valence-corrected chi connectivity index (χ3v) is 2.16. The summed E-state index contributed by atoms with van der Waals surface area (Å²) in [6.07, 6.45) is 3.14. The summed E-state index contributed by atoms with van der Waals surface area (Å²) in [6, 6.07) is 0. The fraction of sp³-hybridized carbons (Fsp3) is 0.889. The maximum absolute atomic E-state index is 10.6. The summed E-state index contributed by atoms with van der Waals surface area (Å²) in [5.41, 5.74) is -0.154. The van der Waals surface area contributed by atoms with Crippen molar-refractivity contribution >= 4 is 6.29 Å². The molecule has 1 saturated heterocycles. The van der Waals surface area contributed by atoms with Crippen LogP contribution in [0.3, 0.4) is 0 Å². The maximum atomic E-state index is 10.6. The summed E-state index contributed by atoms with van der Waals surface area (Å²) in [7, 11) is 0. The van der Waals surface area contributed by atoms with E-state index in [2.05, 4.69) is 0 Å². The molecule has 11 heavy (non-hydrogen) atoms. The van der Waals surface area contributed by atoms with Gasteiger partial charge in [0.25, 0.3) is 0 Å². The summed E-state index contributed by atoms with van der Waals surface area (Å²) in [4.78, 5) is 10.6. The maximum Gasteiger partial charge on any atom is 0.125 e. The summed E-state index contributed by atoms with van der Waals surface area (Å²) < 4.78 is 5.23. The molecule has 0 amide bonds. The van der Waals surface area contributed by atoms with Gasteiger partial charge in [-0.1, -0.05) is 13.8 Å². The van der Waals surface area contributed by atoms with Crippen LogP contribution in [0.25, 0.3) is 0 Å². The lowest BCUT2D eigenvalue weighted by Crippen LogP contribution is -2.18. The van der Waals surface area contributed by atoms with Gasteiger partial charge in [0, 0.05) is 18.6 Å². The van der Waals surface area contributed by atoms with Gasteiger partial charge in [0.15, 0.2) is 0 Å². The smallest absolute Gasteiger partial charge is 0.125 e. The molecule has 1 aliphatic heterocycles. The van der Waals surface area contributed by atoms with Crippen LogP contribution in [0, 0.1) is 11.3 Å². The Balaban J connectivity index is 2.33. The van der Waals surface area contributed by atoms with Crippen LogP contribution in [-0.4, -0.2) is 19.5 Å². The van der Waals surface area contributed by atoms with Gasteiger partial charge in [-0.15, -0.1) is 0 Å². The van der Waals surface area contributed by atoms with E-state index in [1.54, 1.807) is 0 Å². The summed E-state index contributed by atoms with van der Waals surface area (Å²) in [5.74, 6) is 0.607. The molecule has 1 aliphatic rings. The topological polar surface area (TPSA) is 26.3 Å². The minimum absolute atomic E-state index is 0.154. The quantitative estimate of drug-likeness (QED) is 0.581. The Hall–Kier alpha value is -0.370. The van der Waals surface area contributed by atoms with Gasteiger partial charge >= 0.3 is 0 Å². The van der Waals surface area contributed by atoms with Gasteiger partial charge in [0.05, 0.1) is 0 Å². The van der Waals surface area contributed by atoms with Crippen LogP contribution in [0.5, 0.6) is 0 Å². The summed E-state index contributed by atoms with van der Waals surface area (Å²) in [6.45, 7) is 5.69. The molecular weight excluding hydrogens is 140 g/mol. The van der Waals surface area contributed by atoms with E-state index in [-0.39, 0.29) is 5.41 Å². The highest BCUT2D eigenvalue weighted by atomic mass is 16.5. The number of ether oxygens (including phenoxy) is 1. The number of carbonyl (C=O) groups is 1. The molecule has 1 rings (SSSR count). The molecule has 0 radical (unpaired) electrons. The van der Waals surface area contributed by atoms with Crippen LogP contribution in [0.15, 0.2) is 0 Å². The summed E-state index contributed by atoms with van der Waals surface area (Å²) in [5, 5.41) is 0. The van der Waals surface area contributed by atoms with E-state index in [0.717, 1.165) is 32.3 Å². The average Bonchev–Trinajstić information content (AvgIpc) is 2.39. The monoisotopic (exact) mass is 156 g/mol. The molecular formula is C9H16O2. The predicted octanol–water partition coefficient (Wildman–Crippen LogP) is 1.64. The van der Waals surface area contributed by atoms with Crippen molar-refractivity contribution in [3.05, 3.63) is 0 Å². The lowest BCUT2D eigenvalue weighted by Gasteiger charge is -2.19. The first-order valence-corrected chi connectivity index (χ1v) is 4.18. The van der Waals surface area contributed by atoms with E-state index >= 15 is 0 Å². The molecule has 1 unspecified atom stereocenters. The second kappa shape index (κ2) is 3.35. The normalized spacial score (nSPS) is 25.5. The molecule has 0 aliphatic carbocycles. The Labute approximate surface area is 67.9 Å². The number of carbonyl (C=O) groups excluding carboxylic acids is 1. The molecule has 2 nitrogen and oxygen atoms in total. The third kappa shape index (κ3) is 2.62. The molecule has 0 aromatic carbocycles. The van der Waals surface area contributed by atoms with Crippen LogP contribution in [-0.2, 0) is 9.53 Å². The highest BCUT2D eigenvalue weighted by Crippen LogP contribution is 2.27. The van der Waals surface area contributed by atoms with E-state index in [1.165, 1.54) is 0 Å². The van der Waals surface area contributed by atoms with Gasteiger partial charge in [0.1, 0.15) is 6.29 Å². The molecule has 0 aromatic heterocycles. The van der Waals surface area contributed by atoms with Crippen molar-refractivity contribution in [2.45, 2.75) is 26.7 Å². The zero-order valence-electron chi connectivity index (χ0n) is 7.30. The highest BCUT2D eigenvalue weighted by Gasteiger charge is 2.25. The van der Waals surface area contributed by atoms with Gasteiger partial charge in [-0.2, -0.15) is 0 Å². The van der Waals surface area contributed by atoms with Crippen molar-refractivity contribution in [2.24, 2.45) is 11.3 Å². The predicted molar refractivity (Wildman–Crippen MR) is 43.4 cm³/mol. The van der Waals surface area contributed by atoms with Gasteiger partial charge in [0.2, 0.25) is 0 Å². The molecule has 0 saturated carbocycles. The Morgan fingerprint density at radius 3 is 2.82 bits per heavy atom. The Morgan fingerprint density at radius 1 is 1.64 bits per heavy atom. The number of hydrogen-bond donors (Lipinski definition) is 0. The summed E-state index contributed by atoms with van der Waals surface area (Å²) >= 11 is 0. The number of rotatable bonds is 3. The molecule has 0 aromatic rings. The molecule has 0 N–H and O–H groups in total. The minimum atomic E-state index is -0.154. The zero-order valence-corrected chi connectivity index (χ0v) is 7.30. The number of hydrogen-bond acceptors (Lipinski definition) is 2. The fourth-order valence-electron chi connectivity index (χ4n) is 1.54. The SMILES string of the molecule is CC(C)(C=O)CC1CCOC1. The zero-order chi connectivity index (χ0) is 8.32.